The molecule has 3 fully saturated rings. The SMILES string of the molecule is CC(=O)OC1CC(C)(O)C23OC(C)(C)C(C(OC(=O)c4ccccc4)C(OC(=O)c4ccccc4)C2(CO)C1OC(C)=O)C3OC(C)=O. The van der Waals surface area contributed by atoms with Crippen molar-refractivity contribution in [1.82, 2.24) is 0 Å². The maximum atomic E-state index is 13.9. The standard InChI is InChI=1S/C35H40O13/c1-19(37)43-24-17-33(6,42)35-28(45-21(3)39)25(32(4,5)48-35)26(46-30(40)22-13-9-7-10-14-22)29(34(35,18-36)27(24)44-20(2)38)47-31(41)23-15-11-8-12-16-23/h7-16,24-29,36,42H,17-18H2,1-6H3. The highest BCUT2D eigenvalue weighted by Crippen LogP contribution is 2.69. The molecule has 1 heterocycles. The minimum Gasteiger partial charge on any atom is -0.459 e. The van der Waals surface area contributed by atoms with Crippen LogP contribution >= 0.6 is 0 Å². The molecule has 0 aromatic heterocycles. The Labute approximate surface area is 277 Å². The van der Waals surface area contributed by atoms with E-state index in [2.05, 4.69) is 0 Å². The van der Waals surface area contributed by atoms with E-state index in [1.807, 2.05) is 0 Å². The number of carbonyl (C=O) groups is 5. The van der Waals surface area contributed by atoms with Gasteiger partial charge in [0, 0.05) is 27.2 Å². The molecule has 1 aliphatic heterocycles. The third kappa shape index (κ3) is 5.53. The third-order valence-corrected chi connectivity index (χ3v) is 9.71. The van der Waals surface area contributed by atoms with Gasteiger partial charge in [-0.15, -0.1) is 0 Å². The van der Waals surface area contributed by atoms with Gasteiger partial charge < -0.3 is 38.6 Å². The lowest BCUT2D eigenvalue weighted by Crippen LogP contribution is -2.85. The lowest BCUT2D eigenvalue weighted by Gasteiger charge is -2.66. The fourth-order valence-corrected chi connectivity index (χ4v) is 8.19. The first-order valence-electron chi connectivity index (χ1n) is 15.6. The molecule has 13 heteroatoms. The lowest BCUT2D eigenvalue weighted by atomic mass is 9.45. The minimum atomic E-state index is -2.29. The Morgan fingerprint density at radius 2 is 1.19 bits per heavy atom. The summed E-state index contributed by atoms with van der Waals surface area (Å²) in [4.78, 5) is 65.8. The van der Waals surface area contributed by atoms with E-state index in [4.69, 9.17) is 28.4 Å². The van der Waals surface area contributed by atoms with E-state index in [9.17, 15) is 34.2 Å². The van der Waals surface area contributed by atoms with Crippen molar-refractivity contribution in [1.29, 1.82) is 0 Å². The number of esters is 5. The van der Waals surface area contributed by atoms with Crippen molar-refractivity contribution in [3.8, 4) is 0 Å². The Balaban J connectivity index is 1.85. The van der Waals surface area contributed by atoms with Crippen molar-refractivity contribution in [3.63, 3.8) is 0 Å². The van der Waals surface area contributed by atoms with Gasteiger partial charge in [-0.1, -0.05) is 36.4 Å². The average Bonchev–Trinajstić information content (AvgIpc) is 3.21. The molecule has 2 bridgehead atoms. The zero-order valence-corrected chi connectivity index (χ0v) is 27.5. The predicted octanol–water partition coefficient (Wildman–Crippen LogP) is 2.54. The molecule has 48 heavy (non-hydrogen) atoms. The highest BCUT2D eigenvalue weighted by molar-refractivity contribution is 5.90. The summed E-state index contributed by atoms with van der Waals surface area (Å²) in [5.41, 5.74) is -7.84. The first-order chi connectivity index (χ1) is 22.5. The second-order valence-electron chi connectivity index (χ2n) is 13.3. The van der Waals surface area contributed by atoms with Gasteiger partial charge in [-0.05, 0) is 45.0 Å². The Kier molecular flexibility index (Phi) is 9.19. The van der Waals surface area contributed by atoms with Crippen molar-refractivity contribution in [2.75, 3.05) is 6.61 Å². The molecule has 9 atom stereocenters. The number of benzene rings is 2. The summed E-state index contributed by atoms with van der Waals surface area (Å²) in [5, 5.41) is 24.2. The first kappa shape index (κ1) is 35.0. The Morgan fingerprint density at radius 1 is 0.708 bits per heavy atom. The van der Waals surface area contributed by atoms with Gasteiger partial charge in [0.25, 0.3) is 0 Å². The molecule has 5 rings (SSSR count). The highest BCUT2D eigenvalue weighted by atomic mass is 16.6. The molecule has 0 amide bonds. The smallest absolute Gasteiger partial charge is 0.338 e. The van der Waals surface area contributed by atoms with Crippen molar-refractivity contribution in [2.45, 2.75) is 95.3 Å². The first-order valence-corrected chi connectivity index (χ1v) is 15.6. The number of hydrogen-bond donors (Lipinski definition) is 2. The summed E-state index contributed by atoms with van der Waals surface area (Å²) in [6.45, 7) is 6.85. The van der Waals surface area contributed by atoms with Crippen molar-refractivity contribution in [2.24, 2.45) is 11.3 Å². The molecule has 3 aliphatic rings. The van der Waals surface area contributed by atoms with Crippen molar-refractivity contribution >= 4 is 29.8 Å². The molecule has 9 unspecified atom stereocenters. The van der Waals surface area contributed by atoms with Crippen LogP contribution in [0.25, 0.3) is 0 Å². The molecular formula is C35H40O13. The summed E-state index contributed by atoms with van der Waals surface area (Å²) in [6.07, 6.45) is -8.34. The maximum absolute atomic E-state index is 13.9. The van der Waals surface area contributed by atoms with Gasteiger partial charge in [-0.2, -0.15) is 0 Å². The average molecular weight is 669 g/mol. The van der Waals surface area contributed by atoms with E-state index in [0.717, 1.165) is 20.8 Å². The van der Waals surface area contributed by atoms with Gasteiger partial charge in [0.15, 0.2) is 12.2 Å². The molecule has 2 aliphatic carbocycles. The van der Waals surface area contributed by atoms with Gasteiger partial charge in [0.2, 0.25) is 0 Å². The number of aliphatic hydroxyl groups is 2. The zero-order valence-electron chi connectivity index (χ0n) is 27.5. The van der Waals surface area contributed by atoms with E-state index < -0.39 is 102 Å². The molecule has 0 radical (unpaired) electrons. The quantitative estimate of drug-likeness (QED) is 0.310. The van der Waals surface area contributed by atoms with Gasteiger partial charge in [0.1, 0.15) is 29.3 Å². The molecule has 258 valence electrons. The van der Waals surface area contributed by atoms with Crippen LogP contribution in [0.5, 0.6) is 0 Å². The van der Waals surface area contributed by atoms with Crippen LogP contribution in [0.4, 0.5) is 0 Å². The lowest BCUT2D eigenvalue weighted by molar-refractivity contribution is -0.362. The van der Waals surface area contributed by atoms with Crippen LogP contribution in [0.1, 0.15) is 68.7 Å². The van der Waals surface area contributed by atoms with Crippen LogP contribution in [-0.4, -0.2) is 94.0 Å². The largest absolute Gasteiger partial charge is 0.459 e. The molecular weight excluding hydrogens is 628 g/mol. The van der Waals surface area contributed by atoms with Crippen LogP contribution in [0, 0.1) is 11.3 Å². The topological polar surface area (TPSA) is 181 Å². The molecule has 2 aromatic rings. The van der Waals surface area contributed by atoms with Crippen LogP contribution in [0.15, 0.2) is 60.7 Å². The minimum absolute atomic E-state index is 0.0885. The number of fused-ring (bicyclic) bond motifs is 1. The summed E-state index contributed by atoms with van der Waals surface area (Å²) < 4.78 is 36.6. The summed E-state index contributed by atoms with van der Waals surface area (Å²) in [5.74, 6) is -5.38. The fraction of sp³-hybridized carbons (Fsp3) is 0.514. The van der Waals surface area contributed by atoms with Crippen LogP contribution in [0.3, 0.4) is 0 Å². The van der Waals surface area contributed by atoms with Gasteiger partial charge in [-0.25, -0.2) is 9.59 Å². The van der Waals surface area contributed by atoms with Crippen molar-refractivity contribution in [3.05, 3.63) is 71.8 Å². The van der Waals surface area contributed by atoms with Gasteiger partial charge >= 0.3 is 29.8 Å². The van der Waals surface area contributed by atoms with E-state index in [1.54, 1.807) is 50.2 Å². The van der Waals surface area contributed by atoms with E-state index >= 15 is 0 Å². The monoisotopic (exact) mass is 668 g/mol. The molecule has 2 N–H and O–H groups in total. The van der Waals surface area contributed by atoms with Crippen LogP contribution < -0.4 is 0 Å². The summed E-state index contributed by atoms with van der Waals surface area (Å²) in [6, 6.07) is 15.8. The Hall–Kier alpha value is -4.33. The molecule has 2 aromatic carbocycles. The van der Waals surface area contributed by atoms with Crippen LogP contribution in [-0.2, 0) is 42.8 Å². The highest BCUT2D eigenvalue weighted by Gasteiger charge is 2.88. The number of carbonyl (C=O) groups excluding carboxylic acids is 5. The number of rotatable bonds is 8. The van der Waals surface area contributed by atoms with Gasteiger partial charge in [0.05, 0.1) is 34.9 Å². The fourth-order valence-electron chi connectivity index (χ4n) is 8.19. The molecule has 13 nitrogen and oxygen atoms in total. The van der Waals surface area contributed by atoms with Crippen LogP contribution in [0.2, 0.25) is 0 Å². The number of ether oxygens (including phenoxy) is 6. The number of hydrogen-bond acceptors (Lipinski definition) is 13. The zero-order chi connectivity index (χ0) is 35.2. The molecule has 1 saturated heterocycles. The second kappa shape index (κ2) is 12.6. The number of aliphatic hydroxyl groups excluding tert-OH is 1. The Bertz CT molecular complexity index is 1570. The summed E-state index contributed by atoms with van der Waals surface area (Å²) >= 11 is 0. The van der Waals surface area contributed by atoms with E-state index in [-0.39, 0.29) is 11.1 Å². The third-order valence-electron chi connectivity index (χ3n) is 9.71. The normalized spacial score (nSPS) is 34.6. The van der Waals surface area contributed by atoms with E-state index in [1.165, 1.54) is 31.2 Å². The van der Waals surface area contributed by atoms with E-state index in [0.29, 0.717) is 0 Å². The molecule has 2 saturated carbocycles. The van der Waals surface area contributed by atoms with Gasteiger partial charge in [-0.3, -0.25) is 14.4 Å². The maximum Gasteiger partial charge on any atom is 0.338 e. The van der Waals surface area contributed by atoms with Crippen molar-refractivity contribution < 1.29 is 62.6 Å². The second-order valence-corrected chi connectivity index (χ2v) is 13.3. The Morgan fingerprint density at radius 3 is 1.67 bits per heavy atom. The predicted molar refractivity (Wildman–Crippen MR) is 164 cm³/mol. The molecule has 1 spiro atoms. The summed E-state index contributed by atoms with van der Waals surface area (Å²) in [7, 11) is 0.